The van der Waals surface area contributed by atoms with E-state index in [0.717, 1.165) is 12.1 Å². The molecule has 0 aliphatic heterocycles. The predicted octanol–water partition coefficient (Wildman–Crippen LogP) is 3.71. The van der Waals surface area contributed by atoms with E-state index in [-0.39, 0.29) is 18.0 Å². The number of carbonyl (C=O) groups excluding carboxylic acids is 1. The molecule has 0 amide bonds. The summed E-state index contributed by atoms with van der Waals surface area (Å²) in [6.45, 7) is 1.26. The number of esters is 1. The first-order chi connectivity index (χ1) is 13.5. The Labute approximate surface area is 163 Å². The standard InChI is InChI=1S/C17H15F4NO6S/c1-3-27-16(23)12-9-11(5-7-14(12)28-17(19,20)21)29(24,25)22-10-4-6-15(26-2)13(18)8-10/h4-9,22H,3H2,1-2H3. The molecule has 0 spiro atoms. The van der Waals surface area contributed by atoms with Gasteiger partial charge in [0, 0.05) is 6.07 Å². The number of carbonyl (C=O) groups is 1. The van der Waals surface area contributed by atoms with Crippen molar-refractivity contribution >= 4 is 21.7 Å². The third-order valence-electron chi connectivity index (χ3n) is 3.39. The highest BCUT2D eigenvalue weighted by Crippen LogP contribution is 2.30. The van der Waals surface area contributed by atoms with Gasteiger partial charge in [0.25, 0.3) is 10.0 Å². The van der Waals surface area contributed by atoms with Crippen LogP contribution in [0.15, 0.2) is 41.3 Å². The van der Waals surface area contributed by atoms with Gasteiger partial charge in [0.2, 0.25) is 0 Å². The van der Waals surface area contributed by atoms with Gasteiger partial charge in [0.05, 0.1) is 24.3 Å². The van der Waals surface area contributed by atoms with Crippen LogP contribution in [0.25, 0.3) is 0 Å². The largest absolute Gasteiger partial charge is 0.573 e. The maximum Gasteiger partial charge on any atom is 0.573 e. The van der Waals surface area contributed by atoms with E-state index in [2.05, 4.69) is 14.2 Å². The van der Waals surface area contributed by atoms with Crippen LogP contribution in [0, 0.1) is 5.82 Å². The molecule has 29 heavy (non-hydrogen) atoms. The third kappa shape index (κ3) is 5.73. The van der Waals surface area contributed by atoms with E-state index in [1.807, 2.05) is 0 Å². The second kappa shape index (κ2) is 8.55. The lowest BCUT2D eigenvalue weighted by Gasteiger charge is -2.15. The number of benzene rings is 2. The van der Waals surface area contributed by atoms with E-state index in [1.165, 1.54) is 26.2 Å². The molecule has 0 atom stereocenters. The molecule has 0 aliphatic rings. The number of hydrogen-bond donors (Lipinski definition) is 1. The molecule has 0 unspecified atom stereocenters. The molecule has 0 saturated carbocycles. The molecule has 158 valence electrons. The zero-order valence-corrected chi connectivity index (χ0v) is 15.9. The highest BCUT2D eigenvalue weighted by molar-refractivity contribution is 7.92. The van der Waals surface area contributed by atoms with Gasteiger partial charge in [0.15, 0.2) is 11.6 Å². The molecule has 0 saturated heterocycles. The van der Waals surface area contributed by atoms with Crippen molar-refractivity contribution in [3.8, 4) is 11.5 Å². The van der Waals surface area contributed by atoms with Gasteiger partial charge in [-0.2, -0.15) is 0 Å². The van der Waals surface area contributed by atoms with E-state index >= 15 is 0 Å². The normalized spacial score (nSPS) is 11.7. The van der Waals surface area contributed by atoms with Crippen molar-refractivity contribution in [1.29, 1.82) is 0 Å². The van der Waals surface area contributed by atoms with E-state index in [0.29, 0.717) is 12.1 Å². The number of halogens is 4. The van der Waals surface area contributed by atoms with Gasteiger partial charge in [-0.1, -0.05) is 0 Å². The first kappa shape index (κ1) is 22.3. The van der Waals surface area contributed by atoms with Crippen LogP contribution in [-0.2, 0) is 14.8 Å². The van der Waals surface area contributed by atoms with Crippen LogP contribution >= 0.6 is 0 Å². The number of sulfonamides is 1. The fraction of sp³-hybridized carbons (Fsp3) is 0.235. The average molecular weight is 437 g/mol. The Morgan fingerprint density at radius 2 is 1.76 bits per heavy atom. The molecule has 2 aromatic rings. The van der Waals surface area contributed by atoms with Gasteiger partial charge in [-0.3, -0.25) is 4.72 Å². The topological polar surface area (TPSA) is 90.9 Å². The molecule has 0 aliphatic carbocycles. The fourth-order valence-electron chi connectivity index (χ4n) is 2.20. The van der Waals surface area contributed by atoms with E-state index in [1.54, 1.807) is 0 Å². The third-order valence-corrected chi connectivity index (χ3v) is 4.77. The van der Waals surface area contributed by atoms with Crippen LogP contribution in [0.3, 0.4) is 0 Å². The maximum atomic E-state index is 13.7. The van der Waals surface area contributed by atoms with Crippen molar-refractivity contribution in [2.75, 3.05) is 18.4 Å². The Morgan fingerprint density at radius 3 is 2.31 bits per heavy atom. The zero-order chi connectivity index (χ0) is 21.8. The molecule has 0 radical (unpaired) electrons. The Hall–Kier alpha value is -3.02. The Bertz CT molecular complexity index is 1010. The number of ether oxygens (including phenoxy) is 3. The predicted molar refractivity (Wildman–Crippen MR) is 92.8 cm³/mol. The monoisotopic (exact) mass is 437 g/mol. The summed E-state index contributed by atoms with van der Waals surface area (Å²) in [4.78, 5) is 11.4. The second-order valence-electron chi connectivity index (χ2n) is 5.38. The minimum atomic E-state index is -5.11. The van der Waals surface area contributed by atoms with Gasteiger partial charge in [0.1, 0.15) is 11.3 Å². The number of anilines is 1. The highest BCUT2D eigenvalue weighted by Gasteiger charge is 2.34. The van der Waals surface area contributed by atoms with Crippen LogP contribution in [0.4, 0.5) is 23.2 Å². The summed E-state index contributed by atoms with van der Waals surface area (Å²) in [5, 5.41) is 0. The van der Waals surface area contributed by atoms with Crippen molar-refractivity contribution in [3.63, 3.8) is 0 Å². The summed E-state index contributed by atoms with van der Waals surface area (Å²) in [5.74, 6) is -3.09. The smallest absolute Gasteiger partial charge is 0.494 e. The first-order valence-electron chi connectivity index (χ1n) is 7.90. The summed E-state index contributed by atoms with van der Waals surface area (Å²) in [6.07, 6.45) is -5.11. The van der Waals surface area contributed by atoms with Crippen LogP contribution in [-0.4, -0.2) is 34.5 Å². The highest BCUT2D eigenvalue weighted by atomic mass is 32.2. The summed E-state index contributed by atoms with van der Waals surface area (Å²) < 4.78 is 91.6. The van der Waals surface area contributed by atoms with Crippen LogP contribution < -0.4 is 14.2 Å². The Morgan fingerprint density at radius 1 is 1.10 bits per heavy atom. The lowest BCUT2D eigenvalue weighted by atomic mass is 10.2. The van der Waals surface area contributed by atoms with Crippen molar-refractivity contribution < 1.29 is 45.0 Å². The lowest BCUT2D eigenvalue weighted by molar-refractivity contribution is -0.274. The maximum absolute atomic E-state index is 13.7. The molecule has 0 aromatic heterocycles. The number of hydrogen-bond acceptors (Lipinski definition) is 6. The summed E-state index contributed by atoms with van der Waals surface area (Å²) in [5.41, 5.74) is -0.912. The molecule has 0 fully saturated rings. The van der Waals surface area contributed by atoms with Crippen LogP contribution in [0.1, 0.15) is 17.3 Å². The van der Waals surface area contributed by atoms with Gasteiger partial charge >= 0.3 is 12.3 Å². The molecule has 1 N–H and O–H groups in total. The summed E-state index contributed by atoms with van der Waals surface area (Å²) in [7, 11) is -3.16. The quantitative estimate of drug-likeness (QED) is 0.525. The number of nitrogens with one attached hydrogen (secondary N) is 1. The summed E-state index contributed by atoms with van der Waals surface area (Å²) >= 11 is 0. The van der Waals surface area contributed by atoms with Gasteiger partial charge < -0.3 is 14.2 Å². The lowest BCUT2D eigenvalue weighted by Crippen LogP contribution is -2.20. The average Bonchev–Trinajstić information content (AvgIpc) is 2.60. The van der Waals surface area contributed by atoms with Crippen molar-refractivity contribution in [2.45, 2.75) is 18.2 Å². The van der Waals surface area contributed by atoms with E-state index < -0.39 is 44.4 Å². The van der Waals surface area contributed by atoms with Crippen molar-refractivity contribution in [3.05, 3.63) is 47.8 Å². The van der Waals surface area contributed by atoms with Gasteiger partial charge in [-0.15, -0.1) is 13.2 Å². The molecular formula is C17H15F4NO6S. The minimum Gasteiger partial charge on any atom is -0.494 e. The van der Waals surface area contributed by atoms with E-state index in [4.69, 9.17) is 4.74 Å². The summed E-state index contributed by atoms with van der Waals surface area (Å²) in [6, 6.07) is 5.38. The first-order valence-corrected chi connectivity index (χ1v) is 9.38. The Kier molecular flexibility index (Phi) is 6.57. The van der Waals surface area contributed by atoms with Crippen LogP contribution in [0.5, 0.6) is 11.5 Å². The van der Waals surface area contributed by atoms with Crippen molar-refractivity contribution in [1.82, 2.24) is 0 Å². The number of rotatable bonds is 7. The molecular weight excluding hydrogens is 422 g/mol. The van der Waals surface area contributed by atoms with E-state index in [9.17, 15) is 30.8 Å². The van der Waals surface area contributed by atoms with Crippen molar-refractivity contribution in [2.24, 2.45) is 0 Å². The van der Waals surface area contributed by atoms with Crippen LogP contribution in [0.2, 0.25) is 0 Å². The molecule has 12 heteroatoms. The minimum absolute atomic E-state index is 0.119. The number of alkyl halides is 3. The molecule has 0 heterocycles. The second-order valence-corrected chi connectivity index (χ2v) is 7.06. The molecule has 0 bridgehead atoms. The molecule has 2 rings (SSSR count). The fourth-order valence-corrected chi connectivity index (χ4v) is 3.28. The van der Waals surface area contributed by atoms with Gasteiger partial charge in [-0.05, 0) is 37.3 Å². The Balaban J connectivity index is 2.42. The zero-order valence-electron chi connectivity index (χ0n) is 15.0. The van der Waals surface area contributed by atoms with Gasteiger partial charge in [-0.25, -0.2) is 17.6 Å². The SMILES string of the molecule is CCOC(=O)c1cc(S(=O)(=O)Nc2ccc(OC)c(F)c2)ccc1OC(F)(F)F. The molecule has 7 nitrogen and oxygen atoms in total. The number of methoxy groups -OCH3 is 1. The molecule has 2 aromatic carbocycles.